The summed E-state index contributed by atoms with van der Waals surface area (Å²) in [5.41, 5.74) is 2.69. The van der Waals surface area contributed by atoms with Crippen LogP contribution in [0.4, 0.5) is 0 Å². The molecule has 0 spiro atoms. The third kappa shape index (κ3) is 1.53. The number of alkyl halides is 1. The number of hydrogen-bond donors (Lipinski definition) is 0. The Morgan fingerprint density at radius 1 is 1.42 bits per heavy atom. The monoisotopic (exact) mass is 225 g/mol. The van der Waals surface area contributed by atoms with Gasteiger partial charge in [-0.25, -0.2) is 0 Å². The van der Waals surface area contributed by atoms with Crippen LogP contribution >= 0.6 is 15.9 Å². The maximum Gasteiger partial charge on any atom is 0.0572 e. The van der Waals surface area contributed by atoms with E-state index < -0.39 is 0 Å². The van der Waals surface area contributed by atoms with E-state index in [1.807, 2.05) is 12.3 Å². The van der Waals surface area contributed by atoms with Crippen LogP contribution in [-0.4, -0.2) is 4.98 Å². The number of nitrogens with zero attached hydrogens (tertiary/aromatic N) is 1. The summed E-state index contributed by atoms with van der Waals surface area (Å²) in [6.07, 6.45) is 6.93. The molecule has 12 heavy (non-hydrogen) atoms. The number of aryl methyl sites for hydroxylation is 1. The summed E-state index contributed by atoms with van der Waals surface area (Å²) in [5.74, 6) is 0. The summed E-state index contributed by atoms with van der Waals surface area (Å²) in [4.78, 5) is 4.90. The van der Waals surface area contributed by atoms with E-state index in [0.29, 0.717) is 4.83 Å². The smallest absolute Gasteiger partial charge is 0.0572 e. The molecule has 1 atom stereocenters. The maximum atomic E-state index is 4.41. The highest BCUT2D eigenvalue weighted by Crippen LogP contribution is 2.32. The van der Waals surface area contributed by atoms with Crippen LogP contribution in [0.3, 0.4) is 0 Å². The lowest BCUT2D eigenvalue weighted by Crippen LogP contribution is -1.95. The fourth-order valence-corrected chi connectivity index (χ4v) is 2.46. The zero-order valence-corrected chi connectivity index (χ0v) is 8.55. The van der Waals surface area contributed by atoms with E-state index in [1.165, 1.54) is 36.9 Å². The van der Waals surface area contributed by atoms with Crippen molar-refractivity contribution in [1.29, 1.82) is 0 Å². The fraction of sp³-hybridized carbons (Fsp3) is 0.500. The highest BCUT2D eigenvalue weighted by atomic mass is 79.9. The molecule has 0 bridgehead atoms. The Hall–Kier alpha value is -0.370. The standard InChI is InChI=1S/C10H12BrN/c11-9-6-2-1-4-8-5-3-7-12-10(8)9/h3,5,7,9H,1-2,4,6H2. The van der Waals surface area contributed by atoms with Crippen LogP contribution in [-0.2, 0) is 6.42 Å². The van der Waals surface area contributed by atoms with E-state index in [4.69, 9.17) is 0 Å². The quantitative estimate of drug-likeness (QED) is 0.488. The van der Waals surface area contributed by atoms with Crippen molar-refractivity contribution in [2.45, 2.75) is 30.5 Å². The molecule has 0 saturated carbocycles. The number of hydrogen-bond acceptors (Lipinski definition) is 1. The van der Waals surface area contributed by atoms with Gasteiger partial charge < -0.3 is 0 Å². The van der Waals surface area contributed by atoms with Gasteiger partial charge >= 0.3 is 0 Å². The van der Waals surface area contributed by atoms with Gasteiger partial charge in [0.15, 0.2) is 0 Å². The maximum absolute atomic E-state index is 4.41. The van der Waals surface area contributed by atoms with Crippen molar-refractivity contribution in [3.05, 3.63) is 29.6 Å². The van der Waals surface area contributed by atoms with E-state index in [2.05, 4.69) is 27.0 Å². The molecule has 0 saturated heterocycles. The van der Waals surface area contributed by atoms with Crippen molar-refractivity contribution in [2.75, 3.05) is 0 Å². The second-order valence-electron chi connectivity index (χ2n) is 3.26. The van der Waals surface area contributed by atoms with E-state index in [-0.39, 0.29) is 0 Å². The third-order valence-electron chi connectivity index (χ3n) is 2.38. The van der Waals surface area contributed by atoms with Crippen molar-refractivity contribution >= 4 is 15.9 Å². The van der Waals surface area contributed by atoms with Crippen LogP contribution < -0.4 is 0 Å². The molecule has 2 heteroatoms. The Morgan fingerprint density at radius 3 is 3.25 bits per heavy atom. The molecule has 1 aromatic rings. The summed E-state index contributed by atoms with van der Waals surface area (Å²) in [6, 6.07) is 4.23. The number of pyridine rings is 1. The first kappa shape index (κ1) is 8.24. The second kappa shape index (κ2) is 3.56. The van der Waals surface area contributed by atoms with Gasteiger partial charge in [-0.1, -0.05) is 28.4 Å². The average Bonchev–Trinajstić information content (AvgIpc) is 2.29. The van der Waals surface area contributed by atoms with E-state index >= 15 is 0 Å². The Kier molecular flexibility index (Phi) is 2.45. The van der Waals surface area contributed by atoms with Crippen LogP contribution in [0.1, 0.15) is 35.3 Å². The summed E-state index contributed by atoms with van der Waals surface area (Å²) >= 11 is 3.67. The topological polar surface area (TPSA) is 12.9 Å². The molecule has 64 valence electrons. The van der Waals surface area contributed by atoms with Crippen molar-refractivity contribution in [2.24, 2.45) is 0 Å². The molecule has 1 heterocycles. The molecule has 0 fully saturated rings. The predicted octanol–water partition coefficient (Wildman–Crippen LogP) is 3.24. The Balaban J connectivity index is 2.39. The molecule has 1 unspecified atom stereocenters. The molecule has 0 aromatic carbocycles. The molecular weight excluding hydrogens is 214 g/mol. The van der Waals surface area contributed by atoms with Crippen LogP contribution in [0.5, 0.6) is 0 Å². The molecule has 1 nitrogen and oxygen atoms in total. The third-order valence-corrected chi connectivity index (χ3v) is 3.27. The van der Waals surface area contributed by atoms with Gasteiger partial charge in [0.25, 0.3) is 0 Å². The van der Waals surface area contributed by atoms with E-state index in [9.17, 15) is 0 Å². The van der Waals surface area contributed by atoms with Gasteiger partial charge in [0.1, 0.15) is 0 Å². The molecular formula is C10H12BrN. The van der Waals surface area contributed by atoms with Gasteiger partial charge in [-0.3, -0.25) is 4.98 Å². The van der Waals surface area contributed by atoms with Crippen LogP contribution in [0.2, 0.25) is 0 Å². The minimum absolute atomic E-state index is 0.483. The minimum Gasteiger partial charge on any atom is -0.260 e. The molecule has 0 aliphatic heterocycles. The predicted molar refractivity (Wildman–Crippen MR) is 53.5 cm³/mol. The number of fused-ring (bicyclic) bond motifs is 1. The van der Waals surface area contributed by atoms with Gasteiger partial charge in [0.2, 0.25) is 0 Å². The van der Waals surface area contributed by atoms with E-state index in [1.54, 1.807) is 0 Å². The molecule has 0 N–H and O–H groups in total. The lowest BCUT2D eigenvalue weighted by Gasteiger charge is -2.07. The van der Waals surface area contributed by atoms with Gasteiger partial charge in [-0.05, 0) is 30.9 Å². The fourth-order valence-electron chi connectivity index (χ4n) is 1.72. The molecule has 1 aromatic heterocycles. The van der Waals surface area contributed by atoms with Crippen molar-refractivity contribution in [3.63, 3.8) is 0 Å². The normalized spacial score (nSPS) is 22.9. The lowest BCUT2D eigenvalue weighted by atomic mass is 10.1. The summed E-state index contributed by atoms with van der Waals surface area (Å²) in [5, 5.41) is 0. The average molecular weight is 226 g/mol. The van der Waals surface area contributed by atoms with Gasteiger partial charge in [-0.2, -0.15) is 0 Å². The highest BCUT2D eigenvalue weighted by molar-refractivity contribution is 9.09. The highest BCUT2D eigenvalue weighted by Gasteiger charge is 2.16. The summed E-state index contributed by atoms with van der Waals surface area (Å²) in [7, 11) is 0. The first-order valence-electron chi connectivity index (χ1n) is 4.46. The van der Waals surface area contributed by atoms with Crippen LogP contribution in [0, 0.1) is 0 Å². The SMILES string of the molecule is BrC1CCCCc2cccnc21. The van der Waals surface area contributed by atoms with Crippen molar-refractivity contribution < 1.29 is 0 Å². The zero-order chi connectivity index (χ0) is 8.39. The molecule has 1 aliphatic carbocycles. The summed E-state index contributed by atoms with van der Waals surface area (Å²) in [6.45, 7) is 0. The van der Waals surface area contributed by atoms with Gasteiger partial charge in [-0.15, -0.1) is 0 Å². The van der Waals surface area contributed by atoms with E-state index in [0.717, 1.165) is 0 Å². The number of rotatable bonds is 0. The Labute approximate surface area is 81.3 Å². The molecule has 0 radical (unpaired) electrons. The Morgan fingerprint density at radius 2 is 2.33 bits per heavy atom. The molecule has 1 aliphatic rings. The zero-order valence-electron chi connectivity index (χ0n) is 6.96. The van der Waals surface area contributed by atoms with Gasteiger partial charge in [0.05, 0.1) is 10.5 Å². The number of halogens is 1. The molecule has 0 amide bonds. The summed E-state index contributed by atoms with van der Waals surface area (Å²) < 4.78 is 0. The largest absolute Gasteiger partial charge is 0.260 e. The number of aromatic nitrogens is 1. The minimum atomic E-state index is 0.483. The second-order valence-corrected chi connectivity index (χ2v) is 4.37. The van der Waals surface area contributed by atoms with Crippen LogP contribution in [0.15, 0.2) is 18.3 Å². The van der Waals surface area contributed by atoms with Crippen LogP contribution in [0.25, 0.3) is 0 Å². The molecule has 2 rings (SSSR count). The first-order chi connectivity index (χ1) is 5.88. The first-order valence-corrected chi connectivity index (χ1v) is 5.37. The van der Waals surface area contributed by atoms with Gasteiger partial charge in [0, 0.05) is 6.20 Å². The Bertz CT molecular complexity index is 272. The van der Waals surface area contributed by atoms with Crippen molar-refractivity contribution in [1.82, 2.24) is 4.98 Å². The van der Waals surface area contributed by atoms with Crippen molar-refractivity contribution in [3.8, 4) is 0 Å². The lowest BCUT2D eigenvalue weighted by molar-refractivity contribution is 0.705.